The topological polar surface area (TPSA) is 101 Å². The van der Waals surface area contributed by atoms with Crippen LogP contribution in [-0.4, -0.2) is 66.1 Å². The molecule has 0 spiro atoms. The van der Waals surface area contributed by atoms with Crippen LogP contribution in [0.25, 0.3) is 33.9 Å². The molecule has 2 N–H and O–H groups in total. The van der Waals surface area contributed by atoms with Crippen molar-refractivity contribution in [3.05, 3.63) is 107 Å². The standard InChI is InChI=1S/C34H32ClN5O4/c1-43-34(42)31(19-25-21-36-30-8-3-2-7-29(25)30)37-32(41)14-11-24-22-40(28-6-4-5-26(35)20-28)38-33(24)23-9-12-27(13-10-23)39-15-17-44-18-16-39/h2-14,20-22,31,36H,15-19H2,1H3,(H,37,41)/b14-11+. The van der Waals surface area contributed by atoms with Gasteiger partial charge in [0.05, 0.1) is 31.7 Å². The quantitative estimate of drug-likeness (QED) is 0.171. The number of hydrogen-bond acceptors (Lipinski definition) is 6. The van der Waals surface area contributed by atoms with Crippen molar-refractivity contribution in [3.8, 4) is 16.9 Å². The molecule has 10 heteroatoms. The molecule has 5 aromatic rings. The molecule has 1 unspecified atom stereocenters. The molecule has 44 heavy (non-hydrogen) atoms. The summed E-state index contributed by atoms with van der Waals surface area (Å²) in [6.07, 6.45) is 7.10. The number of nitrogens with zero attached hydrogens (tertiary/aromatic N) is 3. The third kappa shape index (κ3) is 6.54. The number of benzene rings is 3. The lowest BCUT2D eigenvalue weighted by Crippen LogP contribution is -2.42. The lowest BCUT2D eigenvalue weighted by atomic mass is 10.0. The summed E-state index contributed by atoms with van der Waals surface area (Å²) in [5, 5.41) is 9.25. The molecule has 6 rings (SSSR count). The molecule has 0 bridgehead atoms. The number of carbonyl (C=O) groups excluding carboxylic acids is 2. The number of nitrogens with one attached hydrogen (secondary N) is 2. The summed E-state index contributed by atoms with van der Waals surface area (Å²) in [5.74, 6) is -0.948. The second-order valence-electron chi connectivity index (χ2n) is 10.5. The van der Waals surface area contributed by atoms with E-state index in [1.807, 2.05) is 67.0 Å². The Kier molecular flexibility index (Phi) is 8.76. The van der Waals surface area contributed by atoms with E-state index in [1.165, 1.54) is 13.2 Å². The van der Waals surface area contributed by atoms with Crippen molar-refractivity contribution in [2.24, 2.45) is 0 Å². The van der Waals surface area contributed by atoms with Gasteiger partial charge in [0.1, 0.15) is 6.04 Å². The Morgan fingerprint density at radius 3 is 2.64 bits per heavy atom. The molecule has 0 aliphatic carbocycles. The Hall–Kier alpha value is -4.86. The molecule has 1 saturated heterocycles. The van der Waals surface area contributed by atoms with Gasteiger partial charge in [-0.1, -0.05) is 48.0 Å². The molecule has 1 fully saturated rings. The second kappa shape index (κ2) is 13.2. The van der Waals surface area contributed by atoms with Gasteiger partial charge in [0.2, 0.25) is 5.91 Å². The Morgan fingerprint density at radius 1 is 1.07 bits per heavy atom. The van der Waals surface area contributed by atoms with Crippen LogP contribution < -0.4 is 10.2 Å². The van der Waals surface area contributed by atoms with E-state index >= 15 is 0 Å². The van der Waals surface area contributed by atoms with Gasteiger partial charge in [-0.2, -0.15) is 5.10 Å². The van der Waals surface area contributed by atoms with Crippen molar-refractivity contribution < 1.29 is 19.1 Å². The lowest BCUT2D eigenvalue weighted by molar-refractivity contribution is -0.144. The number of amides is 1. The van der Waals surface area contributed by atoms with Gasteiger partial charge in [-0.15, -0.1) is 0 Å². The first kappa shape index (κ1) is 29.2. The number of H-pyrrole nitrogens is 1. The van der Waals surface area contributed by atoms with Gasteiger partial charge < -0.3 is 24.7 Å². The van der Waals surface area contributed by atoms with E-state index in [2.05, 4.69) is 27.3 Å². The summed E-state index contributed by atoms with van der Waals surface area (Å²) in [6, 6.07) is 22.6. The summed E-state index contributed by atoms with van der Waals surface area (Å²) in [7, 11) is 1.31. The van der Waals surface area contributed by atoms with Crippen LogP contribution in [0.1, 0.15) is 11.1 Å². The summed E-state index contributed by atoms with van der Waals surface area (Å²) in [6.45, 7) is 3.11. The fourth-order valence-corrected chi connectivity index (χ4v) is 5.56. The number of ether oxygens (including phenoxy) is 2. The van der Waals surface area contributed by atoms with Gasteiger partial charge in [0.25, 0.3) is 0 Å². The molecule has 0 saturated carbocycles. The van der Waals surface area contributed by atoms with Crippen molar-refractivity contribution >= 4 is 46.1 Å². The minimum Gasteiger partial charge on any atom is -0.467 e. The number of hydrogen-bond donors (Lipinski definition) is 2. The number of aromatic nitrogens is 3. The van der Waals surface area contributed by atoms with Gasteiger partial charge in [-0.25, -0.2) is 9.48 Å². The molecular formula is C34H32ClN5O4. The smallest absolute Gasteiger partial charge is 0.328 e. The first-order valence-electron chi connectivity index (χ1n) is 14.4. The van der Waals surface area contributed by atoms with Crippen molar-refractivity contribution in [3.63, 3.8) is 0 Å². The highest BCUT2D eigenvalue weighted by Gasteiger charge is 2.23. The van der Waals surface area contributed by atoms with E-state index in [9.17, 15) is 9.59 Å². The maximum atomic E-state index is 13.2. The molecule has 224 valence electrons. The van der Waals surface area contributed by atoms with E-state index < -0.39 is 17.9 Å². The van der Waals surface area contributed by atoms with Gasteiger partial charge >= 0.3 is 5.97 Å². The lowest BCUT2D eigenvalue weighted by Gasteiger charge is -2.28. The number of fused-ring (bicyclic) bond motifs is 1. The number of carbonyl (C=O) groups is 2. The number of methoxy groups -OCH3 is 1. The van der Waals surface area contributed by atoms with E-state index in [-0.39, 0.29) is 6.42 Å². The van der Waals surface area contributed by atoms with E-state index in [0.29, 0.717) is 23.9 Å². The zero-order valence-electron chi connectivity index (χ0n) is 24.2. The number of anilines is 1. The van der Waals surface area contributed by atoms with Crippen molar-refractivity contribution in [2.75, 3.05) is 38.3 Å². The SMILES string of the molecule is COC(=O)C(Cc1c[nH]c2ccccc12)NC(=O)/C=C/c1cn(-c2cccc(Cl)c2)nc1-c1ccc(N2CCOCC2)cc1. The van der Waals surface area contributed by atoms with Crippen LogP contribution >= 0.6 is 11.6 Å². The maximum absolute atomic E-state index is 13.2. The number of para-hydroxylation sites is 1. The molecule has 0 radical (unpaired) electrons. The number of esters is 1. The monoisotopic (exact) mass is 609 g/mol. The third-order valence-corrected chi connectivity index (χ3v) is 7.88. The van der Waals surface area contributed by atoms with E-state index in [0.717, 1.165) is 52.1 Å². The number of halogens is 1. The molecule has 1 aliphatic heterocycles. The molecule has 3 heterocycles. The van der Waals surface area contributed by atoms with Crippen molar-refractivity contribution in [2.45, 2.75) is 12.5 Å². The zero-order chi connectivity index (χ0) is 30.5. The van der Waals surface area contributed by atoms with E-state index in [1.54, 1.807) is 16.8 Å². The first-order chi connectivity index (χ1) is 21.5. The Morgan fingerprint density at radius 2 is 1.86 bits per heavy atom. The number of aromatic amines is 1. The first-order valence-corrected chi connectivity index (χ1v) is 14.8. The van der Waals surface area contributed by atoms with Gasteiger partial charge in [-0.3, -0.25) is 4.79 Å². The van der Waals surface area contributed by atoms with Crippen LogP contribution in [-0.2, 0) is 25.5 Å². The maximum Gasteiger partial charge on any atom is 0.328 e. The fourth-order valence-electron chi connectivity index (χ4n) is 5.38. The molecule has 1 aliphatic rings. The normalized spacial score (nSPS) is 14.2. The van der Waals surface area contributed by atoms with Crippen LogP contribution in [0.3, 0.4) is 0 Å². The zero-order valence-corrected chi connectivity index (χ0v) is 25.0. The minimum atomic E-state index is -0.863. The highest BCUT2D eigenvalue weighted by atomic mass is 35.5. The van der Waals surface area contributed by atoms with Crippen LogP contribution in [0.2, 0.25) is 5.02 Å². The highest BCUT2D eigenvalue weighted by Crippen LogP contribution is 2.28. The Bertz CT molecular complexity index is 1800. The predicted octanol–water partition coefficient (Wildman–Crippen LogP) is 5.42. The molecule has 2 aromatic heterocycles. The van der Waals surface area contributed by atoms with E-state index in [4.69, 9.17) is 26.2 Å². The second-order valence-corrected chi connectivity index (χ2v) is 10.9. The summed E-state index contributed by atoms with van der Waals surface area (Å²) >= 11 is 6.26. The van der Waals surface area contributed by atoms with Crippen LogP contribution in [0.15, 0.2) is 91.3 Å². The molecule has 1 amide bonds. The van der Waals surface area contributed by atoms with Crippen molar-refractivity contribution in [1.82, 2.24) is 20.1 Å². The third-order valence-electron chi connectivity index (χ3n) is 7.65. The van der Waals surface area contributed by atoms with Gasteiger partial charge in [0, 0.05) is 70.7 Å². The summed E-state index contributed by atoms with van der Waals surface area (Å²) in [4.78, 5) is 31.3. The average molecular weight is 610 g/mol. The molecule has 9 nitrogen and oxygen atoms in total. The summed E-state index contributed by atoms with van der Waals surface area (Å²) < 4.78 is 12.2. The number of rotatable bonds is 9. The van der Waals surface area contributed by atoms with Gasteiger partial charge in [0.15, 0.2) is 0 Å². The van der Waals surface area contributed by atoms with Crippen LogP contribution in [0.5, 0.6) is 0 Å². The van der Waals surface area contributed by atoms with Crippen LogP contribution in [0, 0.1) is 0 Å². The fraction of sp³-hybridized carbons (Fsp3) is 0.206. The molecule has 3 aromatic carbocycles. The minimum absolute atomic E-state index is 0.281. The van der Waals surface area contributed by atoms with Crippen molar-refractivity contribution in [1.29, 1.82) is 0 Å². The predicted molar refractivity (Wildman–Crippen MR) is 172 cm³/mol. The Balaban J connectivity index is 1.26. The number of morpholine rings is 1. The largest absolute Gasteiger partial charge is 0.467 e. The molecular weight excluding hydrogens is 578 g/mol. The highest BCUT2D eigenvalue weighted by molar-refractivity contribution is 6.30. The van der Waals surface area contributed by atoms with Crippen LogP contribution in [0.4, 0.5) is 5.69 Å². The Labute approximate surface area is 260 Å². The summed E-state index contributed by atoms with van der Waals surface area (Å²) in [5.41, 5.74) is 6.10. The molecule has 1 atom stereocenters. The van der Waals surface area contributed by atoms with Gasteiger partial charge in [-0.05, 0) is 48.0 Å². The average Bonchev–Trinajstić information content (AvgIpc) is 3.68.